The molecule has 1 aliphatic heterocycles. The van der Waals surface area contributed by atoms with E-state index in [1.165, 1.54) is 18.2 Å². The number of halogens is 2. The van der Waals surface area contributed by atoms with E-state index in [1.54, 1.807) is 19.1 Å². The van der Waals surface area contributed by atoms with Crippen molar-refractivity contribution in [3.05, 3.63) is 76.2 Å². The largest absolute Gasteiger partial charge is 0.490 e. The number of allylic oxidation sites excluding steroid dienone is 1. The maximum Gasteiger partial charge on any atom is 0.336 e. The lowest BCUT2D eigenvalue weighted by Crippen LogP contribution is -2.35. The van der Waals surface area contributed by atoms with Gasteiger partial charge in [-0.05, 0) is 31.2 Å². The molecule has 146 valence electrons. The summed E-state index contributed by atoms with van der Waals surface area (Å²) in [6.07, 6.45) is -0.0943. The molecule has 1 atom stereocenters. The summed E-state index contributed by atoms with van der Waals surface area (Å²) < 4.78 is 25.2. The van der Waals surface area contributed by atoms with E-state index in [-0.39, 0.29) is 41.7 Å². The Hall–Kier alpha value is -2.86. The first-order valence-electron chi connectivity index (χ1n) is 8.77. The SMILES string of the molecule is CC1=C(C(=O)OCCOc2ccccc2)[C@H](c2c(F)cccc2Cl)CC(=O)N1. The zero-order valence-electron chi connectivity index (χ0n) is 15.2. The maximum absolute atomic E-state index is 14.4. The van der Waals surface area contributed by atoms with Gasteiger partial charge >= 0.3 is 5.97 Å². The van der Waals surface area contributed by atoms with Gasteiger partial charge in [0.25, 0.3) is 0 Å². The summed E-state index contributed by atoms with van der Waals surface area (Å²) in [4.78, 5) is 24.7. The van der Waals surface area contributed by atoms with E-state index in [0.717, 1.165) is 0 Å². The zero-order chi connectivity index (χ0) is 20.1. The molecule has 0 saturated heterocycles. The Bertz CT molecular complexity index is 894. The number of rotatable bonds is 6. The van der Waals surface area contributed by atoms with Gasteiger partial charge in [-0.15, -0.1) is 0 Å². The molecular formula is C21H19ClFNO4. The number of benzene rings is 2. The molecule has 0 fully saturated rings. The minimum absolute atomic E-state index is 0.0101. The molecule has 2 aromatic rings. The van der Waals surface area contributed by atoms with Gasteiger partial charge in [0.05, 0.1) is 5.57 Å². The van der Waals surface area contributed by atoms with E-state index in [4.69, 9.17) is 21.1 Å². The highest BCUT2D eigenvalue weighted by Crippen LogP contribution is 2.38. The highest BCUT2D eigenvalue weighted by molar-refractivity contribution is 6.31. The Morgan fingerprint density at radius 3 is 2.64 bits per heavy atom. The molecule has 28 heavy (non-hydrogen) atoms. The molecule has 1 N–H and O–H groups in total. The maximum atomic E-state index is 14.4. The van der Waals surface area contributed by atoms with Gasteiger partial charge in [0.1, 0.15) is 24.8 Å². The fourth-order valence-electron chi connectivity index (χ4n) is 3.15. The van der Waals surface area contributed by atoms with Crippen LogP contribution in [0.1, 0.15) is 24.8 Å². The third kappa shape index (κ3) is 4.51. The molecule has 0 saturated carbocycles. The molecule has 0 bridgehead atoms. The fraction of sp³-hybridized carbons (Fsp3) is 0.238. The molecule has 0 aromatic heterocycles. The summed E-state index contributed by atoms with van der Waals surface area (Å²) in [5.41, 5.74) is 0.631. The molecule has 7 heteroatoms. The van der Waals surface area contributed by atoms with E-state index in [1.807, 2.05) is 18.2 Å². The Morgan fingerprint density at radius 1 is 1.18 bits per heavy atom. The number of hydrogen-bond acceptors (Lipinski definition) is 4. The zero-order valence-corrected chi connectivity index (χ0v) is 16.0. The number of carbonyl (C=O) groups is 2. The Kier molecular flexibility index (Phi) is 6.31. The van der Waals surface area contributed by atoms with Crippen LogP contribution >= 0.6 is 11.6 Å². The summed E-state index contributed by atoms with van der Waals surface area (Å²) in [5, 5.41) is 2.77. The summed E-state index contributed by atoms with van der Waals surface area (Å²) in [6.45, 7) is 1.76. The summed E-state index contributed by atoms with van der Waals surface area (Å²) >= 11 is 6.16. The normalized spacial score (nSPS) is 16.5. The number of carbonyl (C=O) groups excluding carboxylic acids is 2. The Labute approximate surface area is 167 Å². The number of para-hydroxylation sites is 1. The second-order valence-electron chi connectivity index (χ2n) is 6.28. The molecule has 1 aliphatic rings. The standard InChI is InChI=1S/C21H19ClFNO4/c1-13-19(21(26)28-11-10-27-14-6-3-2-4-7-14)15(12-18(25)24-13)20-16(22)8-5-9-17(20)23/h2-9,15H,10-12H2,1H3,(H,24,25)/t15-/m1/s1. The summed E-state index contributed by atoms with van der Waals surface area (Å²) in [6, 6.07) is 13.4. The first-order chi connectivity index (χ1) is 13.5. The minimum Gasteiger partial charge on any atom is -0.490 e. The molecule has 0 spiro atoms. The van der Waals surface area contributed by atoms with Crippen LogP contribution in [0.4, 0.5) is 4.39 Å². The minimum atomic E-state index is -0.815. The van der Waals surface area contributed by atoms with Crippen molar-refractivity contribution in [1.29, 1.82) is 0 Å². The Balaban J connectivity index is 1.74. The lowest BCUT2D eigenvalue weighted by Gasteiger charge is -2.27. The van der Waals surface area contributed by atoms with Crippen LogP contribution < -0.4 is 10.1 Å². The molecule has 1 amide bonds. The average Bonchev–Trinajstić information content (AvgIpc) is 2.65. The van der Waals surface area contributed by atoms with Crippen LogP contribution in [0.15, 0.2) is 59.8 Å². The van der Waals surface area contributed by atoms with Gasteiger partial charge in [-0.2, -0.15) is 0 Å². The van der Waals surface area contributed by atoms with Crippen LogP contribution in [0.5, 0.6) is 5.75 Å². The summed E-state index contributed by atoms with van der Waals surface area (Å²) in [5.74, 6) is -1.68. The van der Waals surface area contributed by atoms with Gasteiger partial charge < -0.3 is 14.8 Å². The number of esters is 1. The number of hydrogen-bond donors (Lipinski definition) is 1. The average molecular weight is 404 g/mol. The molecule has 0 aliphatic carbocycles. The summed E-state index contributed by atoms with van der Waals surface area (Å²) in [7, 11) is 0. The first-order valence-corrected chi connectivity index (χ1v) is 9.14. The van der Waals surface area contributed by atoms with Crippen LogP contribution in [0.2, 0.25) is 5.02 Å². The van der Waals surface area contributed by atoms with E-state index in [0.29, 0.717) is 11.4 Å². The monoisotopic (exact) mass is 403 g/mol. The number of amides is 1. The van der Waals surface area contributed by atoms with Gasteiger partial charge in [0.2, 0.25) is 5.91 Å². The van der Waals surface area contributed by atoms with Crippen LogP contribution in [-0.2, 0) is 14.3 Å². The second kappa shape index (κ2) is 8.89. The van der Waals surface area contributed by atoms with Crippen molar-refractivity contribution in [3.8, 4) is 5.75 Å². The number of nitrogens with one attached hydrogen (secondary N) is 1. The van der Waals surface area contributed by atoms with Crippen LogP contribution in [0.3, 0.4) is 0 Å². The van der Waals surface area contributed by atoms with Gasteiger partial charge in [0.15, 0.2) is 0 Å². The van der Waals surface area contributed by atoms with Crippen molar-refractivity contribution in [2.24, 2.45) is 0 Å². The van der Waals surface area contributed by atoms with Crippen molar-refractivity contribution in [3.63, 3.8) is 0 Å². The third-order valence-corrected chi connectivity index (χ3v) is 4.70. The molecule has 5 nitrogen and oxygen atoms in total. The highest BCUT2D eigenvalue weighted by Gasteiger charge is 2.35. The van der Waals surface area contributed by atoms with Crippen LogP contribution in [0.25, 0.3) is 0 Å². The molecule has 0 radical (unpaired) electrons. The van der Waals surface area contributed by atoms with Crippen molar-refractivity contribution >= 4 is 23.5 Å². The van der Waals surface area contributed by atoms with E-state index < -0.39 is 17.7 Å². The van der Waals surface area contributed by atoms with E-state index >= 15 is 0 Å². The lowest BCUT2D eigenvalue weighted by atomic mass is 9.84. The van der Waals surface area contributed by atoms with Crippen molar-refractivity contribution in [1.82, 2.24) is 5.32 Å². The molecule has 0 unspecified atom stereocenters. The van der Waals surface area contributed by atoms with Gasteiger partial charge in [0, 0.05) is 28.6 Å². The molecule has 1 heterocycles. The predicted molar refractivity (Wildman–Crippen MR) is 103 cm³/mol. The van der Waals surface area contributed by atoms with Crippen LogP contribution in [-0.4, -0.2) is 25.1 Å². The van der Waals surface area contributed by atoms with Gasteiger partial charge in [-0.1, -0.05) is 35.9 Å². The second-order valence-corrected chi connectivity index (χ2v) is 6.68. The molecule has 2 aromatic carbocycles. The van der Waals surface area contributed by atoms with Gasteiger partial charge in [-0.25, -0.2) is 9.18 Å². The smallest absolute Gasteiger partial charge is 0.336 e. The fourth-order valence-corrected chi connectivity index (χ4v) is 3.44. The first kappa shape index (κ1) is 19.9. The quantitative estimate of drug-likeness (QED) is 0.585. The van der Waals surface area contributed by atoms with E-state index in [2.05, 4.69) is 5.32 Å². The molecule has 3 rings (SSSR count). The number of ether oxygens (including phenoxy) is 2. The highest BCUT2D eigenvalue weighted by atomic mass is 35.5. The topological polar surface area (TPSA) is 64.6 Å². The Morgan fingerprint density at radius 2 is 1.93 bits per heavy atom. The van der Waals surface area contributed by atoms with E-state index in [9.17, 15) is 14.0 Å². The molecular weight excluding hydrogens is 385 g/mol. The van der Waals surface area contributed by atoms with Crippen molar-refractivity contribution < 1.29 is 23.5 Å². The van der Waals surface area contributed by atoms with Crippen molar-refractivity contribution in [2.75, 3.05) is 13.2 Å². The predicted octanol–water partition coefficient (Wildman–Crippen LogP) is 3.98. The lowest BCUT2D eigenvalue weighted by molar-refractivity contribution is -0.140. The van der Waals surface area contributed by atoms with Gasteiger partial charge in [-0.3, -0.25) is 4.79 Å². The third-order valence-electron chi connectivity index (χ3n) is 4.37. The van der Waals surface area contributed by atoms with Crippen molar-refractivity contribution in [2.45, 2.75) is 19.3 Å². The van der Waals surface area contributed by atoms with Crippen LogP contribution in [0, 0.1) is 5.82 Å².